The summed E-state index contributed by atoms with van der Waals surface area (Å²) >= 11 is 6.14. The van der Waals surface area contributed by atoms with E-state index in [4.69, 9.17) is 16.7 Å². The van der Waals surface area contributed by atoms with Gasteiger partial charge in [0.1, 0.15) is 5.69 Å². The van der Waals surface area contributed by atoms with Gasteiger partial charge in [0.15, 0.2) is 5.65 Å². The smallest absolute Gasteiger partial charge is 0.260 e. The van der Waals surface area contributed by atoms with Crippen molar-refractivity contribution in [2.75, 3.05) is 0 Å². The van der Waals surface area contributed by atoms with Gasteiger partial charge >= 0.3 is 0 Å². The predicted molar refractivity (Wildman–Crippen MR) is 101 cm³/mol. The Labute approximate surface area is 158 Å². The Kier molecular flexibility index (Phi) is 3.35. The average molecular weight is 375 g/mol. The molecule has 0 aliphatic carbocycles. The molecule has 27 heavy (non-hydrogen) atoms. The van der Waals surface area contributed by atoms with Crippen LogP contribution in [0.3, 0.4) is 0 Å². The van der Waals surface area contributed by atoms with Gasteiger partial charge in [0.25, 0.3) is 11.8 Å². The van der Waals surface area contributed by atoms with E-state index in [1.165, 1.54) is 6.20 Å². The van der Waals surface area contributed by atoms with Crippen molar-refractivity contribution in [3.63, 3.8) is 0 Å². The molecule has 0 saturated heterocycles. The summed E-state index contributed by atoms with van der Waals surface area (Å²) in [6.07, 6.45) is 1.41. The van der Waals surface area contributed by atoms with Crippen molar-refractivity contribution in [3.05, 3.63) is 76.9 Å². The molecule has 7 heteroatoms. The summed E-state index contributed by atoms with van der Waals surface area (Å²) in [5.74, 6) is -0.885. The van der Waals surface area contributed by atoms with Crippen LogP contribution in [-0.4, -0.2) is 26.6 Å². The SMILES string of the molecule is O=C1NC(=O)c2c1cnc1c2c(-c2ccccc2)nn1-c1cccc(Cl)c1. The van der Waals surface area contributed by atoms with E-state index in [2.05, 4.69) is 10.3 Å². The monoisotopic (exact) mass is 374 g/mol. The van der Waals surface area contributed by atoms with Crippen molar-refractivity contribution in [2.45, 2.75) is 0 Å². The first-order chi connectivity index (χ1) is 13.1. The summed E-state index contributed by atoms with van der Waals surface area (Å²) in [7, 11) is 0. The Bertz CT molecular complexity index is 1250. The molecule has 3 heterocycles. The van der Waals surface area contributed by atoms with Gasteiger partial charge in [0, 0.05) is 16.8 Å². The standard InChI is InChI=1S/C20H11ClN4O2/c21-12-7-4-8-13(9-12)25-18-16(17(24-25)11-5-2-1-3-6-11)15-14(10-22-18)19(26)23-20(15)27/h1-10H,(H,23,26,27). The van der Waals surface area contributed by atoms with E-state index >= 15 is 0 Å². The van der Waals surface area contributed by atoms with Crippen LogP contribution in [0, 0.1) is 0 Å². The molecule has 2 aromatic heterocycles. The number of benzene rings is 2. The fourth-order valence-electron chi connectivity index (χ4n) is 3.31. The van der Waals surface area contributed by atoms with Crippen molar-refractivity contribution in [3.8, 4) is 16.9 Å². The van der Waals surface area contributed by atoms with E-state index in [0.29, 0.717) is 33.0 Å². The highest BCUT2D eigenvalue weighted by molar-refractivity contribution is 6.30. The van der Waals surface area contributed by atoms with Crippen molar-refractivity contribution < 1.29 is 9.59 Å². The van der Waals surface area contributed by atoms with E-state index < -0.39 is 11.8 Å². The third kappa shape index (κ3) is 2.34. The number of carbonyl (C=O) groups excluding carboxylic acids is 2. The molecule has 0 saturated carbocycles. The van der Waals surface area contributed by atoms with Gasteiger partial charge in [-0.3, -0.25) is 14.9 Å². The average Bonchev–Trinajstić information content (AvgIpc) is 3.20. The Balaban J connectivity index is 1.91. The lowest BCUT2D eigenvalue weighted by molar-refractivity contribution is 0.0880. The minimum absolute atomic E-state index is 0.260. The Morgan fingerprint density at radius 2 is 1.78 bits per heavy atom. The number of aromatic nitrogens is 3. The first-order valence-electron chi connectivity index (χ1n) is 8.22. The van der Waals surface area contributed by atoms with E-state index in [-0.39, 0.29) is 5.56 Å². The second kappa shape index (κ2) is 5.75. The van der Waals surface area contributed by atoms with E-state index in [9.17, 15) is 9.59 Å². The number of nitrogens with one attached hydrogen (secondary N) is 1. The van der Waals surface area contributed by atoms with Crippen LogP contribution in [0.25, 0.3) is 28.0 Å². The maximum atomic E-state index is 12.5. The third-order valence-electron chi connectivity index (χ3n) is 4.50. The number of pyridine rings is 1. The highest BCUT2D eigenvalue weighted by atomic mass is 35.5. The van der Waals surface area contributed by atoms with Gasteiger partial charge < -0.3 is 0 Å². The largest absolute Gasteiger partial charge is 0.288 e. The molecule has 4 aromatic rings. The van der Waals surface area contributed by atoms with E-state index in [0.717, 1.165) is 5.56 Å². The number of amides is 2. The molecule has 0 spiro atoms. The summed E-state index contributed by atoms with van der Waals surface area (Å²) < 4.78 is 1.64. The predicted octanol–water partition coefficient (Wildman–Crippen LogP) is 3.62. The van der Waals surface area contributed by atoms with Gasteiger partial charge in [-0.2, -0.15) is 5.10 Å². The lowest BCUT2D eigenvalue weighted by atomic mass is 10.0. The van der Waals surface area contributed by atoms with E-state index in [1.807, 2.05) is 42.5 Å². The zero-order valence-electron chi connectivity index (χ0n) is 13.8. The van der Waals surface area contributed by atoms with Crippen LogP contribution in [0.4, 0.5) is 0 Å². The maximum Gasteiger partial charge on any atom is 0.260 e. The highest BCUT2D eigenvalue weighted by Crippen LogP contribution is 2.34. The molecular weight excluding hydrogens is 364 g/mol. The lowest BCUT2D eigenvalue weighted by Crippen LogP contribution is -2.20. The number of hydrogen-bond acceptors (Lipinski definition) is 4. The Hall–Kier alpha value is -3.51. The number of carbonyl (C=O) groups is 2. The molecule has 5 rings (SSSR count). The molecule has 0 radical (unpaired) electrons. The molecule has 1 aliphatic heterocycles. The van der Waals surface area contributed by atoms with Crippen LogP contribution >= 0.6 is 11.6 Å². The second-order valence-corrected chi connectivity index (χ2v) is 6.57. The quantitative estimate of drug-likeness (QED) is 0.543. The molecule has 2 aromatic carbocycles. The van der Waals surface area contributed by atoms with Crippen LogP contribution in [-0.2, 0) is 0 Å². The topological polar surface area (TPSA) is 76.9 Å². The zero-order chi connectivity index (χ0) is 18.5. The van der Waals surface area contributed by atoms with Gasteiger partial charge in [0.2, 0.25) is 0 Å². The zero-order valence-corrected chi connectivity index (χ0v) is 14.6. The first-order valence-corrected chi connectivity index (χ1v) is 8.60. The summed E-state index contributed by atoms with van der Waals surface area (Å²) in [6, 6.07) is 16.7. The fourth-order valence-corrected chi connectivity index (χ4v) is 3.49. The van der Waals surface area contributed by atoms with Crippen molar-refractivity contribution in [1.82, 2.24) is 20.1 Å². The normalized spacial score (nSPS) is 13.1. The van der Waals surface area contributed by atoms with Gasteiger partial charge in [-0.05, 0) is 18.2 Å². The Morgan fingerprint density at radius 3 is 2.56 bits per heavy atom. The molecule has 0 fully saturated rings. The maximum absolute atomic E-state index is 12.5. The fraction of sp³-hybridized carbons (Fsp3) is 0. The molecule has 1 aliphatic rings. The molecule has 6 nitrogen and oxygen atoms in total. The molecular formula is C20H11ClN4O2. The third-order valence-corrected chi connectivity index (χ3v) is 4.73. The number of rotatable bonds is 2. The molecule has 0 unspecified atom stereocenters. The number of halogens is 1. The highest BCUT2D eigenvalue weighted by Gasteiger charge is 2.33. The van der Waals surface area contributed by atoms with Gasteiger partial charge in [-0.15, -0.1) is 0 Å². The summed E-state index contributed by atoms with van der Waals surface area (Å²) in [5.41, 5.74) is 3.17. The van der Waals surface area contributed by atoms with Crippen molar-refractivity contribution >= 4 is 34.4 Å². The number of imide groups is 1. The van der Waals surface area contributed by atoms with E-state index in [1.54, 1.807) is 16.8 Å². The van der Waals surface area contributed by atoms with Crippen molar-refractivity contribution in [2.24, 2.45) is 0 Å². The van der Waals surface area contributed by atoms with Gasteiger partial charge in [0.05, 0.1) is 22.2 Å². The van der Waals surface area contributed by atoms with Gasteiger partial charge in [-0.25, -0.2) is 9.67 Å². The van der Waals surface area contributed by atoms with Crippen LogP contribution in [0.5, 0.6) is 0 Å². The second-order valence-electron chi connectivity index (χ2n) is 6.14. The van der Waals surface area contributed by atoms with Crippen LogP contribution in [0.2, 0.25) is 5.02 Å². The Morgan fingerprint density at radius 1 is 0.963 bits per heavy atom. The lowest BCUT2D eigenvalue weighted by Gasteiger charge is -2.03. The first kappa shape index (κ1) is 15.7. The van der Waals surface area contributed by atoms with Crippen molar-refractivity contribution in [1.29, 1.82) is 0 Å². The number of hydrogen-bond donors (Lipinski definition) is 1. The summed E-state index contributed by atoms with van der Waals surface area (Å²) in [4.78, 5) is 29.0. The van der Waals surface area contributed by atoms with Gasteiger partial charge in [-0.1, -0.05) is 48.0 Å². The molecule has 0 atom stereocenters. The molecule has 0 bridgehead atoms. The summed E-state index contributed by atoms with van der Waals surface area (Å²) in [5, 5.41) is 8.15. The van der Waals surface area contributed by atoms with Crippen LogP contribution in [0.15, 0.2) is 60.8 Å². The number of fused-ring (bicyclic) bond motifs is 3. The van der Waals surface area contributed by atoms with Crippen LogP contribution < -0.4 is 5.32 Å². The molecule has 2 amide bonds. The minimum Gasteiger partial charge on any atom is -0.288 e. The summed E-state index contributed by atoms with van der Waals surface area (Å²) in [6.45, 7) is 0. The minimum atomic E-state index is -0.445. The molecule has 1 N–H and O–H groups in total. The van der Waals surface area contributed by atoms with Crippen LogP contribution in [0.1, 0.15) is 20.7 Å². The number of nitrogens with zero attached hydrogens (tertiary/aromatic N) is 3. The molecule has 130 valence electrons.